The molecule has 2 amide bonds. The number of nitrogens with one attached hydrogen (secondary N) is 5. The number of aliphatic imine (C=N–C) groups is 1. The highest BCUT2D eigenvalue weighted by molar-refractivity contribution is 6.47. The molecule has 10 nitrogen and oxygen atoms in total. The Labute approximate surface area is 173 Å². The van der Waals surface area contributed by atoms with Crippen molar-refractivity contribution >= 4 is 35.0 Å². The Balaban J connectivity index is 1.88. The Kier molecular flexibility index (Phi) is 7.86. The molecule has 0 saturated heterocycles. The van der Waals surface area contributed by atoms with Gasteiger partial charge in [-0.05, 0) is 37.6 Å². The number of carboxylic acid groups (broad SMARTS) is 1. The average molecular weight is 412 g/mol. The van der Waals surface area contributed by atoms with Crippen LogP contribution >= 0.6 is 0 Å². The van der Waals surface area contributed by atoms with Gasteiger partial charge in [0.15, 0.2) is 5.71 Å². The summed E-state index contributed by atoms with van der Waals surface area (Å²) in [6.45, 7) is 5.80. The number of amidine groups is 1. The molecular weight excluding hydrogens is 388 g/mol. The minimum absolute atomic E-state index is 0.00796. The van der Waals surface area contributed by atoms with Crippen LogP contribution in [0.4, 0.5) is 5.69 Å². The second-order valence-electron chi connectivity index (χ2n) is 6.48. The van der Waals surface area contributed by atoms with Crippen LogP contribution in [0.25, 0.3) is 0 Å². The van der Waals surface area contributed by atoms with Crippen LogP contribution in [0.5, 0.6) is 0 Å². The van der Waals surface area contributed by atoms with E-state index in [1.807, 2.05) is 0 Å². The lowest BCUT2D eigenvalue weighted by atomic mass is 10.2. The molecular formula is C20H24N6O4. The highest BCUT2D eigenvalue weighted by Crippen LogP contribution is 2.13. The number of aliphatic carboxylic acids is 1. The van der Waals surface area contributed by atoms with Crippen LogP contribution in [0.2, 0.25) is 0 Å². The predicted molar refractivity (Wildman–Crippen MR) is 113 cm³/mol. The van der Waals surface area contributed by atoms with Crippen molar-refractivity contribution in [1.82, 2.24) is 16.0 Å². The third kappa shape index (κ3) is 6.89. The summed E-state index contributed by atoms with van der Waals surface area (Å²) in [7, 11) is 0. The lowest BCUT2D eigenvalue weighted by Crippen LogP contribution is -2.38. The molecule has 0 fully saturated rings. The molecule has 1 heterocycles. The molecule has 1 aromatic rings. The van der Waals surface area contributed by atoms with Gasteiger partial charge in [-0.1, -0.05) is 6.58 Å². The fraction of sp³-hybridized carbons (Fsp3) is 0.250. The number of carbonyl (C=O) groups excluding carboxylic acids is 2. The molecule has 0 spiro atoms. The fourth-order valence-electron chi connectivity index (χ4n) is 2.47. The molecule has 0 atom stereocenters. The molecule has 0 bridgehead atoms. The van der Waals surface area contributed by atoms with Crippen molar-refractivity contribution < 1.29 is 19.5 Å². The fourth-order valence-corrected chi connectivity index (χ4v) is 2.47. The normalized spacial score (nSPS) is 12.8. The van der Waals surface area contributed by atoms with Gasteiger partial charge in [-0.15, -0.1) is 0 Å². The summed E-state index contributed by atoms with van der Waals surface area (Å²) in [6.07, 6.45) is 2.01. The lowest BCUT2D eigenvalue weighted by molar-refractivity contribution is -0.137. The monoisotopic (exact) mass is 412 g/mol. The molecule has 158 valence electrons. The van der Waals surface area contributed by atoms with Crippen molar-refractivity contribution in [3.63, 3.8) is 0 Å². The minimum atomic E-state index is -0.894. The quantitative estimate of drug-likeness (QED) is 0.203. The van der Waals surface area contributed by atoms with Crippen LogP contribution in [0.3, 0.4) is 0 Å². The Morgan fingerprint density at radius 1 is 1.20 bits per heavy atom. The SMILES string of the molecule is C=C1NC=C(CNc2ccc(C(=O)NCCCC(=O)O)cc2)N=C1C(=O)NC(C)=N. The van der Waals surface area contributed by atoms with Crippen molar-refractivity contribution in [3.8, 4) is 0 Å². The summed E-state index contributed by atoms with van der Waals surface area (Å²) in [5.41, 5.74) is 2.23. The molecule has 30 heavy (non-hydrogen) atoms. The number of amides is 2. The Morgan fingerprint density at radius 3 is 2.53 bits per heavy atom. The summed E-state index contributed by atoms with van der Waals surface area (Å²) < 4.78 is 0. The van der Waals surface area contributed by atoms with E-state index in [0.717, 1.165) is 5.69 Å². The first-order valence-corrected chi connectivity index (χ1v) is 9.20. The standard InChI is InChI=1S/C20H24N6O4/c1-12-18(20(30)25-13(2)21)26-16(10-23-12)11-24-15-7-5-14(6-8-15)19(29)22-9-3-4-17(27)28/h5-8,10,23-24H,1,3-4,9,11H2,2H3,(H,22,29)(H,27,28)(H2,21,25,30). The van der Waals surface area contributed by atoms with Crippen LogP contribution in [-0.4, -0.2) is 47.5 Å². The van der Waals surface area contributed by atoms with Gasteiger partial charge in [0.2, 0.25) is 0 Å². The van der Waals surface area contributed by atoms with Crippen LogP contribution in [0.15, 0.2) is 53.4 Å². The van der Waals surface area contributed by atoms with Crippen molar-refractivity contribution in [1.29, 1.82) is 5.41 Å². The zero-order valence-electron chi connectivity index (χ0n) is 16.5. The molecule has 10 heteroatoms. The van der Waals surface area contributed by atoms with Crippen molar-refractivity contribution in [3.05, 3.63) is 54.0 Å². The summed E-state index contributed by atoms with van der Waals surface area (Å²) in [6, 6.07) is 6.77. The summed E-state index contributed by atoms with van der Waals surface area (Å²) in [5, 5.41) is 27.0. The van der Waals surface area contributed by atoms with Crippen molar-refractivity contribution in [2.24, 2.45) is 4.99 Å². The maximum atomic E-state index is 12.1. The first-order chi connectivity index (χ1) is 14.3. The van der Waals surface area contributed by atoms with Gasteiger partial charge >= 0.3 is 5.97 Å². The van der Waals surface area contributed by atoms with Gasteiger partial charge in [-0.2, -0.15) is 0 Å². The Bertz CT molecular complexity index is 918. The number of nitrogens with zero attached hydrogens (tertiary/aromatic N) is 1. The van der Waals surface area contributed by atoms with E-state index in [1.54, 1.807) is 30.5 Å². The number of rotatable bonds is 9. The highest BCUT2D eigenvalue weighted by Gasteiger charge is 2.19. The first-order valence-electron chi connectivity index (χ1n) is 9.20. The van der Waals surface area contributed by atoms with E-state index in [4.69, 9.17) is 10.5 Å². The van der Waals surface area contributed by atoms with E-state index < -0.39 is 11.9 Å². The van der Waals surface area contributed by atoms with Crippen LogP contribution < -0.4 is 21.3 Å². The molecule has 1 aliphatic heterocycles. The number of benzene rings is 1. The van der Waals surface area contributed by atoms with Crippen LogP contribution in [0, 0.1) is 5.41 Å². The zero-order valence-corrected chi connectivity index (χ0v) is 16.5. The van der Waals surface area contributed by atoms with E-state index in [2.05, 4.69) is 32.8 Å². The lowest BCUT2D eigenvalue weighted by Gasteiger charge is -2.17. The second-order valence-corrected chi connectivity index (χ2v) is 6.48. The maximum absolute atomic E-state index is 12.1. The summed E-state index contributed by atoms with van der Waals surface area (Å²) >= 11 is 0. The molecule has 0 aliphatic carbocycles. The highest BCUT2D eigenvalue weighted by atomic mass is 16.4. The van der Waals surface area contributed by atoms with E-state index in [0.29, 0.717) is 36.5 Å². The molecule has 2 rings (SSSR count). The van der Waals surface area contributed by atoms with E-state index in [-0.39, 0.29) is 23.9 Å². The van der Waals surface area contributed by atoms with Gasteiger partial charge in [-0.25, -0.2) is 4.99 Å². The van der Waals surface area contributed by atoms with Gasteiger partial charge in [0.05, 0.1) is 23.8 Å². The Hall–Kier alpha value is -3.95. The number of carbonyl (C=O) groups is 3. The van der Waals surface area contributed by atoms with Gasteiger partial charge in [0.1, 0.15) is 0 Å². The smallest absolute Gasteiger partial charge is 0.303 e. The molecule has 1 aromatic carbocycles. The van der Waals surface area contributed by atoms with Crippen LogP contribution in [0.1, 0.15) is 30.1 Å². The number of anilines is 1. The molecule has 0 unspecified atom stereocenters. The Morgan fingerprint density at radius 2 is 1.90 bits per heavy atom. The first kappa shape index (κ1) is 22.3. The second kappa shape index (κ2) is 10.6. The zero-order chi connectivity index (χ0) is 22.1. The van der Waals surface area contributed by atoms with Gasteiger partial charge in [0.25, 0.3) is 11.8 Å². The largest absolute Gasteiger partial charge is 0.481 e. The molecule has 0 radical (unpaired) electrons. The summed E-state index contributed by atoms with van der Waals surface area (Å²) in [5.74, 6) is -1.67. The van der Waals surface area contributed by atoms with E-state index in [1.165, 1.54) is 6.92 Å². The van der Waals surface area contributed by atoms with Crippen molar-refractivity contribution in [2.75, 3.05) is 18.4 Å². The molecule has 0 saturated carbocycles. The third-order valence-corrected chi connectivity index (χ3v) is 3.94. The van der Waals surface area contributed by atoms with Gasteiger partial charge in [-0.3, -0.25) is 19.8 Å². The number of carboxylic acids is 1. The molecule has 6 N–H and O–H groups in total. The topological polar surface area (TPSA) is 156 Å². The maximum Gasteiger partial charge on any atom is 0.303 e. The number of hydrogen-bond donors (Lipinski definition) is 6. The van der Waals surface area contributed by atoms with Gasteiger partial charge < -0.3 is 26.4 Å². The molecule has 1 aliphatic rings. The van der Waals surface area contributed by atoms with Gasteiger partial charge in [0, 0.05) is 30.4 Å². The van der Waals surface area contributed by atoms with E-state index >= 15 is 0 Å². The average Bonchev–Trinajstić information content (AvgIpc) is 2.70. The number of hydrogen-bond acceptors (Lipinski definition) is 7. The predicted octanol–water partition coefficient (Wildman–Crippen LogP) is 1.21. The van der Waals surface area contributed by atoms with Crippen LogP contribution in [-0.2, 0) is 9.59 Å². The third-order valence-electron chi connectivity index (χ3n) is 3.94. The minimum Gasteiger partial charge on any atom is -0.481 e. The summed E-state index contributed by atoms with van der Waals surface area (Å²) in [4.78, 5) is 38.8. The van der Waals surface area contributed by atoms with E-state index in [9.17, 15) is 14.4 Å². The molecule has 0 aromatic heterocycles. The van der Waals surface area contributed by atoms with Crippen molar-refractivity contribution in [2.45, 2.75) is 19.8 Å².